The Hall–Kier alpha value is -2.16. The Labute approximate surface area is 86.8 Å². The van der Waals surface area contributed by atoms with Crippen molar-refractivity contribution in [3.63, 3.8) is 0 Å². The highest BCUT2D eigenvalue weighted by Crippen LogP contribution is 2.20. The Morgan fingerprint density at radius 3 is 2.67 bits per heavy atom. The minimum absolute atomic E-state index is 0.759. The van der Waals surface area contributed by atoms with E-state index in [-0.39, 0.29) is 0 Å². The van der Waals surface area contributed by atoms with Crippen LogP contribution in [-0.2, 0) is 0 Å². The van der Waals surface area contributed by atoms with E-state index < -0.39 is 0 Å². The van der Waals surface area contributed by atoms with E-state index >= 15 is 0 Å². The van der Waals surface area contributed by atoms with Crippen molar-refractivity contribution in [3.05, 3.63) is 48.9 Å². The van der Waals surface area contributed by atoms with Gasteiger partial charge in [0, 0.05) is 11.8 Å². The Bertz CT molecular complexity index is 584. The lowest BCUT2D eigenvalue weighted by atomic mass is 10.1. The van der Waals surface area contributed by atoms with Crippen LogP contribution in [0.4, 0.5) is 0 Å². The molecule has 3 rings (SSSR count). The third-order valence-electron chi connectivity index (χ3n) is 2.38. The zero-order chi connectivity index (χ0) is 10.1. The van der Waals surface area contributed by atoms with Crippen LogP contribution in [-0.4, -0.2) is 15.0 Å². The second kappa shape index (κ2) is 3.20. The topological polar surface area (TPSA) is 41.6 Å². The monoisotopic (exact) mass is 195 g/mol. The van der Waals surface area contributed by atoms with Gasteiger partial charge in [-0.25, -0.2) is 9.97 Å². The van der Waals surface area contributed by atoms with Gasteiger partial charge >= 0.3 is 0 Å². The summed E-state index contributed by atoms with van der Waals surface area (Å²) in [7, 11) is 0. The Kier molecular flexibility index (Phi) is 1.75. The maximum Gasteiger partial charge on any atom is 0.177 e. The van der Waals surface area contributed by atoms with Crippen molar-refractivity contribution in [2.75, 3.05) is 0 Å². The van der Waals surface area contributed by atoms with Gasteiger partial charge in [0.2, 0.25) is 0 Å². The molecule has 0 saturated carbocycles. The fraction of sp³-hybridized carbons (Fsp3) is 0. The number of rotatable bonds is 1. The summed E-state index contributed by atoms with van der Waals surface area (Å²) in [6.07, 6.45) is 3.50. The van der Waals surface area contributed by atoms with Gasteiger partial charge in [-0.15, -0.1) is 0 Å². The largest absolute Gasteiger partial charge is 0.343 e. The SMILES string of the molecule is c1ccc(-c2cnc3nc[nH]c3c2)cc1. The highest BCUT2D eigenvalue weighted by atomic mass is 14.9. The average molecular weight is 195 g/mol. The van der Waals surface area contributed by atoms with Crippen LogP contribution in [0.3, 0.4) is 0 Å². The third kappa shape index (κ3) is 1.38. The molecule has 0 bridgehead atoms. The molecular weight excluding hydrogens is 186 g/mol. The molecule has 0 fully saturated rings. The number of benzene rings is 1. The summed E-state index contributed by atoms with van der Waals surface area (Å²) >= 11 is 0. The first-order chi connectivity index (χ1) is 7.43. The summed E-state index contributed by atoms with van der Waals surface area (Å²) in [5, 5.41) is 0. The first-order valence-electron chi connectivity index (χ1n) is 4.78. The number of pyridine rings is 1. The molecule has 0 aliphatic rings. The van der Waals surface area contributed by atoms with E-state index in [2.05, 4.69) is 33.2 Å². The summed E-state index contributed by atoms with van der Waals surface area (Å²) in [4.78, 5) is 11.4. The quantitative estimate of drug-likeness (QED) is 0.648. The highest BCUT2D eigenvalue weighted by molar-refractivity contribution is 5.77. The number of hydrogen-bond donors (Lipinski definition) is 1. The second-order valence-corrected chi connectivity index (χ2v) is 3.36. The molecule has 3 nitrogen and oxygen atoms in total. The molecule has 0 aliphatic heterocycles. The minimum Gasteiger partial charge on any atom is -0.343 e. The van der Waals surface area contributed by atoms with Crippen LogP contribution in [0.2, 0.25) is 0 Å². The van der Waals surface area contributed by atoms with Crippen LogP contribution < -0.4 is 0 Å². The maximum absolute atomic E-state index is 4.28. The van der Waals surface area contributed by atoms with E-state index in [0.717, 1.165) is 16.7 Å². The Morgan fingerprint density at radius 1 is 0.933 bits per heavy atom. The van der Waals surface area contributed by atoms with E-state index in [1.54, 1.807) is 6.33 Å². The maximum atomic E-state index is 4.28. The van der Waals surface area contributed by atoms with Crippen molar-refractivity contribution >= 4 is 11.2 Å². The number of imidazole rings is 1. The van der Waals surface area contributed by atoms with E-state index in [9.17, 15) is 0 Å². The number of fused-ring (bicyclic) bond motifs is 1. The molecule has 3 aromatic rings. The summed E-state index contributed by atoms with van der Waals surface area (Å²) in [6.45, 7) is 0. The van der Waals surface area contributed by atoms with Gasteiger partial charge in [-0.3, -0.25) is 0 Å². The second-order valence-electron chi connectivity index (χ2n) is 3.36. The molecule has 0 amide bonds. The van der Waals surface area contributed by atoms with Crippen LogP contribution >= 0.6 is 0 Å². The molecule has 1 N–H and O–H groups in total. The van der Waals surface area contributed by atoms with Crippen LogP contribution in [0.5, 0.6) is 0 Å². The van der Waals surface area contributed by atoms with Gasteiger partial charge in [0.25, 0.3) is 0 Å². The predicted molar refractivity (Wildman–Crippen MR) is 59.3 cm³/mol. The fourth-order valence-corrected chi connectivity index (χ4v) is 1.62. The van der Waals surface area contributed by atoms with Crippen LogP contribution in [0, 0.1) is 0 Å². The first-order valence-corrected chi connectivity index (χ1v) is 4.78. The lowest BCUT2D eigenvalue weighted by Crippen LogP contribution is -1.81. The Balaban J connectivity index is 2.19. The smallest absolute Gasteiger partial charge is 0.177 e. The molecule has 2 heterocycles. The molecule has 0 saturated heterocycles. The van der Waals surface area contributed by atoms with Crippen LogP contribution in [0.25, 0.3) is 22.3 Å². The Morgan fingerprint density at radius 2 is 1.80 bits per heavy atom. The third-order valence-corrected chi connectivity index (χ3v) is 2.38. The highest BCUT2D eigenvalue weighted by Gasteiger charge is 2.00. The zero-order valence-corrected chi connectivity index (χ0v) is 8.01. The fourth-order valence-electron chi connectivity index (χ4n) is 1.62. The summed E-state index contributed by atoms with van der Waals surface area (Å²) in [5.74, 6) is 0. The van der Waals surface area contributed by atoms with Gasteiger partial charge in [0.05, 0.1) is 11.8 Å². The van der Waals surface area contributed by atoms with Gasteiger partial charge in [-0.2, -0.15) is 0 Å². The van der Waals surface area contributed by atoms with E-state index in [1.165, 1.54) is 5.56 Å². The van der Waals surface area contributed by atoms with E-state index in [4.69, 9.17) is 0 Å². The number of nitrogens with one attached hydrogen (secondary N) is 1. The lowest BCUT2D eigenvalue weighted by Gasteiger charge is -1.99. The van der Waals surface area contributed by atoms with Gasteiger partial charge in [-0.1, -0.05) is 30.3 Å². The van der Waals surface area contributed by atoms with Crippen molar-refractivity contribution in [3.8, 4) is 11.1 Å². The molecule has 15 heavy (non-hydrogen) atoms. The van der Waals surface area contributed by atoms with Crippen molar-refractivity contribution < 1.29 is 0 Å². The van der Waals surface area contributed by atoms with Gasteiger partial charge in [-0.05, 0) is 11.6 Å². The van der Waals surface area contributed by atoms with Crippen molar-refractivity contribution in [2.45, 2.75) is 0 Å². The molecule has 0 unspecified atom stereocenters. The molecule has 2 aromatic heterocycles. The normalized spacial score (nSPS) is 10.7. The molecule has 72 valence electrons. The molecule has 3 heteroatoms. The van der Waals surface area contributed by atoms with Gasteiger partial charge in [0.1, 0.15) is 0 Å². The number of hydrogen-bond acceptors (Lipinski definition) is 2. The van der Waals surface area contributed by atoms with Crippen molar-refractivity contribution in [1.82, 2.24) is 15.0 Å². The van der Waals surface area contributed by atoms with Crippen LogP contribution in [0.15, 0.2) is 48.9 Å². The minimum atomic E-state index is 0.759. The number of H-pyrrole nitrogens is 1. The first kappa shape index (κ1) is 8.17. The van der Waals surface area contributed by atoms with Crippen molar-refractivity contribution in [1.29, 1.82) is 0 Å². The number of nitrogens with zero attached hydrogens (tertiary/aromatic N) is 2. The summed E-state index contributed by atoms with van der Waals surface area (Å²) in [5.41, 5.74) is 4.00. The summed E-state index contributed by atoms with van der Waals surface area (Å²) in [6, 6.07) is 12.2. The molecular formula is C12H9N3. The number of aromatic nitrogens is 3. The zero-order valence-electron chi connectivity index (χ0n) is 8.01. The summed E-state index contributed by atoms with van der Waals surface area (Å²) < 4.78 is 0. The average Bonchev–Trinajstić information content (AvgIpc) is 2.77. The van der Waals surface area contributed by atoms with Crippen molar-refractivity contribution in [2.24, 2.45) is 0 Å². The number of aromatic amines is 1. The predicted octanol–water partition coefficient (Wildman–Crippen LogP) is 2.62. The van der Waals surface area contributed by atoms with Crippen LogP contribution in [0.1, 0.15) is 0 Å². The molecule has 0 atom stereocenters. The van der Waals surface area contributed by atoms with Gasteiger partial charge in [0.15, 0.2) is 5.65 Å². The van der Waals surface area contributed by atoms with Gasteiger partial charge < -0.3 is 4.98 Å². The molecule has 0 aliphatic carbocycles. The molecule has 1 aromatic carbocycles. The van der Waals surface area contributed by atoms with E-state index in [1.807, 2.05) is 24.4 Å². The standard InChI is InChI=1S/C12H9N3/c1-2-4-9(5-3-1)10-6-11-12(13-7-10)15-8-14-11/h1-8H,(H,13,14,15). The molecule has 0 radical (unpaired) electrons. The lowest BCUT2D eigenvalue weighted by molar-refractivity contribution is 1.30. The molecule has 0 spiro atoms. The van der Waals surface area contributed by atoms with E-state index in [0.29, 0.717) is 0 Å².